The third-order valence-electron chi connectivity index (χ3n) is 4.41. The van der Waals surface area contributed by atoms with Crippen molar-refractivity contribution in [2.24, 2.45) is 0 Å². The lowest BCUT2D eigenvalue weighted by molar-refractivity contribution is 1.34. The summed E-state index contributed by atoms with van der Waals surface area (Å²) >= 11 is 0. The van der Waals surface area contributed by atoms with E-state index in [2.05, 4.69) is 75.4 Å². The van der Waals surface area contributed by atoms with E-state index >= 15 is 0 Å². The molecule has 0 saturated carbocycles. The number of rotatable bonds is 2. The summed E-state index contributed by atoms with van der Waals surface area (Å²) in [6, 6.07) is 19.4. The average Bonchev–Trinajstić information content (AvgIpc) is 2.77. The van der Waals surface area contributed by atoms with Gasteiger partial charge in [-0.2, -0.15) is 0 Å². The molecule has 1 aliphatic carbocycles. The molecule has 0 bridgehead atoms. The molecular formula is C20H20. The molecule has 0 aromatic heterocycles. The van der Waals surface area contributed by atoms with Gasteiger partial charge in [-0.15, -0.1) is 0 Å². The molecule has 0 aliphatic heterocycles. The molecule has 0 unspecified atom stereocenters. The maximum Gasteiger partial charge on any atom is -0.000833 e. The summed E-state index contributed by atoms with van der Waals surface area (Å²) in [5, 5.41) is 0. The molecule has 0 nitrogen and oxygen atoms in total. The van der Waals surface area contributed by atoms with E-state index in [0.717, 1.165) is 6.42 Å². The molecule has 2 aromatic rings. The topological polar surface area (TPSA) is 0 Å². The van der Waals surface area contributed by atoms with Crippen LogP contribution < -0.4 is 0 Å². The van der Waals surface area contributed by atoms with Gasteiger partial charge in [0.05, 0.1) is 0 Å². The van der Waals surface area contributed by atoms with E-state index in [1.54, 1.807) is 0 Å². The Labute approximate surface area is 121 Å². The molecule has 0 amide bonds. The van der Waals surface area contributed by atoms with Crippen LogP contribution in [0.15, 0.2) is 65.7 Å². The summed E-state index contributed by atoms with van der Waals surface area (Å²) < 4.78 is 0. The molecular weight excluding hydrogens is 240 g/mol. The molecule has 0 N–H and O–H groups in total. The van der Waals surface area contributed by atoms with Crippen molar-refractivity contribution in [3.63, 3.8) is 0 Å². The van der Waals surface area contributed by atoms with Gasteiger partial charge in [0.2, 0.25) is 0 Å². The second-order valence-corrected chi connectivity index (χ2v) is 5.56. The van der Waals surface area contributed by atoms with E-state index in [-0.39, 0.29) is 0 Å². The molecule has 2 aromatic carbocycles. The van der Waals surface area contributed by atoms with Gasteiger partial charge in [0.25, 0.3) is 0 Å². The van der Waals surface area contributed by atoms with Gasteiger partial charge < -0.3 is 0 Å². The zero-order chi connectivity index (χ0) is 14.1. The molecule has 0 fully saturated rings. The van der Waals surface area contributed by atoms with Gasteiger partial charge >= 0.3 is 0 Å². The Bertz CT molecular complexity index is 700. The lowest BCUT2D eigenvalue weighted by atomic mass is 9.95. The SMILES string of the molecule is CC1=C(c2ccccc2)CC(c2ccccc2C)=C1C. The van der Waals surface area contributed by atoms with E-state index in [1.807, 2.05) is 0 Å². The van der Waals surface area contributed by atoms with Crippen LogP contribution in [-0.2, 0) is 0 Å². The Morgan fingerprint density at radius 3 is 1.95 bits per heavy atom. The molecule has 1 aliphatic rings. The zero-order valence-corrected chi connectivity index (χ0v) is 12.4. The summed E-state index contributed by atoms with van der Waals surface area (Å²) in [6.45, 7) is 6.71. The van der Waals surface area contributed by atoms with Crippen LogP contribution in [0.3, 0.4) is 0 Å². The fourth-order valence-corrected chi connectivity index (χ4v) is 3.06. The molecule has 0 saturated heterocycles. The molecule has 20 heavy (non-hydrogen) atoms. The predicted octanol–water partition coefficient (Wildman–Crippen LogP) is 5.65. The first-order chi connectivity index (χ1) is 9.68. The fraction of sp³-hybridized carbons (Fsp3) is 0.200. The molecule has 3 rings (SSSR count). The Morgan fingerprint density at radius 1 is 0.650 bits per heavy atom. The van der Waals surface area contributed by atoms with E-state index in [1.165, 1.54) is 39.0 Å². The highest BCUT2D eigenvalue weighted by molar-refractivity contribution is 5.92. The van der Waals surface area contributed by atoms with E-state index in [9.17, 15) is 0 Å². The smallest absolute Gasteiger partial charge is 0.000833 e. The van der Waals surface area contributed by atoms with Crippen molar-refractivity contribution in [3.05, 3.63) is 82.4 Å². The highest BCUT2D eigenvalue weighted by Crippen LogP contribution is 2.43. The van der Waals surface area contributed by atoms with Gasteiger partial charge in [0.1, 0.15) is 0 Å². The first-order valence-corrected chi connectivity index (χ1v) is 7.20. The second-order valence-electron chi connectivity index (χ2n) is 5.56. The Balaban J connectivity index is 2.03. The third-order valence-corrected chi connectivity index (χ3v) is 4.41. The average molecular weight is 260 g/mol. The van der Waals surface area contributed by atoms with Crippen LogP contribution in [0.1, 0.15) is 37.0 Å². The van der Waals surface area contributed by atoms with Gasteiger partial charge in [-0.25, -0.2) is 0 Å². The minimum atomic E-state index is 1.05. The van der Waals surface area contributed by atoms with Crippen molar-refractivity contribution in [2.45, 2.75) is 27.2 Å². The van der Waals surface area contributed by atoms with Crippen LogP contribution in [0.25, 0.3) is 11.1 Å². The largest absolute Gasteiger partial charge is 0.0622 e. The van der Waals surface area contributed by atoms with Gasteiger partial charge in [0, 0.05) is 0 Å². The van der Waals surface area contributed by atoms with Gasteiger partial charge in [-0.3, -0.25) is 0 Å². The number of aryl methyl sites for hydroxylation is 1. The van der Waals surface area contributed by atoms with Crippen LogP contribution >= 0.6 is 0 Å². The number of allylic oxidation sites excluding steroid dienone is 4. The standard InChI is InChI=1S/C20H20/c1-14-9-7-8-12-18(14)20-13-19(15(2)16(20)3)17-10-5-4-6-11-17/h4-12H,13H2,1-3H3. The highest BCUT2D eigenvalue weighted by atomic mass is 14.3. The maximum atomic E-state index is 2.26. The van der Waals surface area contributed by atoms with Crippen LogP contribution in [0, 0.1) is 6.92 Å². The minimum Gasteiger partial charge on any atom is -0.0622 e. The van der Waals surface area contributed by atoms with Crippen LogP contribution in [0.2, 0.25) is 0 Å². The quantitative estimate of drug-likeness (QED) is 0.655. The molecule has 0 atom stereocenters. The molecule has 100 valence electrons. The molecule has 0 radical (unpaired) electrons. The van der Waals surface area contributed by atoms with Crippen molar-refractivity contribution in [1.82, 2.24) is 0 Å². The monoisotopic (exact) mass is 260 g/mol. The lowest BCUT2D eigenvalue weighted by Crippen LogP contribution is -1.89. The first-order valence-electron chi connectivity index (χ1n) is 7.20. The number of hydrogen-bond donors (Lipinski definition) is 0. The predicted molar refractivity (Wildman–Crippen MR) is 87.4 cm³/mol. The summed E-state index contributed by atoms with van der Waals surface area (Å²) in [5.41, 5.74) is 9.96. The van der Waals surface area contributed by atoms with Crippen molar-refractivity contribution < 1.29 is 0 Å². The van der Waals surface area contributed by atoms with Gasteiger partial charge in [-0.05, 0) is 66.2 Å². The summed E-state index contributed by atoms with van der Waals surface area (Å²) in [6.07, 6.45) is 1.05. The van der Waals surface area contributed by atoms with Gasteiger partial charge in [-0.1, -0.05) is 54.6 Å². The highest BCUT2D eigenvalue weighted by Gasteiger charge is 2.21. The Kier molecular flexibility index (Phi) is 3.31. The normalized spacial score (nSPS) is 15.2. The first kappa shape index (κ1) is 12.9. The van der Waals surface area contributed by atoms with E-state index in [0.29, 0.717) is 0 Å². The van der Waals surface area contributed by atoms with Gasteiger partial charge in [0.15, 0.2) is 0 Å². The Hall–Kier alpha value is -2.08. The Morgan fingerprint density at radius 2 is 1.25 bits per heavy atom. The molecule has 0 heteroatoms. The van der Waals surface area contributed by atoms with Crippen molar-refractivity contribution >= 4 is 11.1 Å². The van der Waals surface area contributed by atoms with Crippen molar-refractivity contribution in [1.29, 1.82) is 0 Å². The summed E-state index contributed by atoms with van der Waals surface area (Å²) in [4.78, 5) is 0. The molecule has 0 spiro atoms. The molecule has 0 heterocycles. The van der Waals surface area contributed by atoms with Crippen molar-refractivity contribution in [3.8, 4) is 0 Å². The minimum absolute atomic E-state index is 1.05. The summed E-state index contributed by atoms with van der Waals surface area (Å²) in [7, 11) is 0. The summed E-state index contributed by atoms with van der Waals surface area (Å²) in [5.74, 6) is 0. The van der Waals surface area contributed by atoms with E-state index < -0.39 is 0 Å². The second kappa shape index (κ2) is 5.13. The number of benzene rings is 2. The fourth-order valence-electron chi connectivity index (χ4n) is 3.06. The van der Waals surface area contributed by atoms with Crippen LogP contribution in [0.5, 0.6) is 0 Å². The maximum absolute atomic E-state index is 2.26. The van der Waals surface area contributed by atoms with Crippen LogP contribution in [-0.4, -0.2) is 0 Å². The van der Waals surface area contributed by atoms with Crippen molar-refractivity contribution in [2.75, 3.05) is 0 Å². The third kappa shape index (κ3) is 2.12. The lowest BCUT2D eigenvalue weighted by Gasteiger charge is -2.09. The zero-order valence-electron chi connectivity index (χ0n) is 12.4. The van der Waals surface area contributed by atoms with E-state index in [4.69, 9.17) is 0 Å². The number of hydrogen-bond acceptors (Lipinski definition) is 0. The van der Waals surface area contributed by atoms with Crippen LogP contribution in [0.4, 0.5) is 0 Å².